The Morgan fingerprint density at radius 3 is 2.63 bits per heavy atom. The molecule has 0 saturated carbocycles. The molecular weight excluding hydrogens is 382 g/mol. The lowest BCUT2D eigenvalue weighted by atomic mass is 9.96. The first-order valence-corrected chi connectivity index (χ1v) is 10.4. The third-order valence-corrected chi connectivity index (χ3v) is 5.26. The second-order valence-electron chi connectivity index (χ2n) is 8.98. The molecule has 2 aromatic rings. The van der Waals surface area contributed by atoms with E-state index in [4.69, 9.17) is 10.3 Å². The fraction of sp³-hybridized carbons (Fsp3) is 0.545. The zero-order chi connectivity index (χ0) is 21.7. The van der Waals surface area contributed by atoms with Crippen LogP contribution in [0.25, 0.3) is 0 Å². The summed E-state index contributed by atoms with van der Waals surface area (Å²) in [5.41, 5.74) is 7.16. The number of nitrogens with zero attached hydrogens (tertiary/aromatic N) is 3. The van der Waals surface area contributed by atoms with E-state index in [2.05, 4.69) is 20.4 Å². The first-order valence-electron chi connectivity index (χ1n) is 10.4. The number of carbonyl (C=O) groups is 2. The van der Waals surface area contributed by atoms with Crippen molar-refractivity contribution in [1.82, 2.24) is 15.0 Å². The highest BCUT2D eigenvalue weighted by Crippen LogP contribution is 2.20. The van der Waals surface area contributed by atoms with Crippen molar-refractivity contribution in [1.29, 1.82) is 0 Å². The van der Waals surface area contributed by atoms with Crippen LogP contribution in [0.5, 0.6) is 0 Å². The van der Waals surface area contributed by atoms with Crippen molar-refractivity contribution in [3.63, 3.8) is 0 Å². The van der Waals surface area contributed by atoms with Crippen molar-refractivity contribution in [2.24, 2.45) is 11.7 Å². The molecule has 0 radical (unpaired) electrons. The maximum atomic E-state index is 12.2. The number of primary amides is 1. The molecule has 1 aliphatic rings. The van der Waals surface area contributed by atoms with Gasteiger partial charge in [-0.3, -0.25) is 14.5 Å². The number of aryl methyl sites for hydroxylation is 1. The predicted molar refractivity (Wildman–Crippen MR) is 114 cm³/mol. The molecule has 1 unspecified atom stereocenters. The van der Waals surface area contributed by atoms with Crippen molar-refractivity contribution in [2.45, 2.75) is 58.4 Å². The van der Waals surface area contributed by atoms with Crippen LogP contribution in [-0.4, -0.2) is 39.9 Å². The number of benzene rings is 1. The second-order valence-corrected chi connectivity index (χ2v) is 8.98. The Morgan fingerprint density at radius 1 is 1.27 bits per heavy atom. The molecule has 1 aliphatic heterocycles. The smallest absolute Gasteiger partial charge is 0.227 e. The Hall–Kier alpha value is -2.74. The van der Waals surface area contributed by atoms with Crippen molar-refractivity contribution in [3.8, 4) is 0 Å². The molecule has 0 spiro atoms. The number of amides is 2. The van der Waals surface area contributed by atoms with E-state index in [1.165, 1.54) is 0 Å². The SMILES string of the molecule is CC(C)(C)c1noc(CCC(=O)Nc2ccc(CN3CCCC(C(N)=O)C3)cc2)n1. The van der Waals surface area contributed by atoms with Gasteiger partial charge in [0.05, 0.1) is 5.92 Å². The van der Waals surface area contributed by atoms with Gasteiger partial charge in [-0.05, 0) is 37.1 Å². The van der Waals surface area contributed by atoms with E-state index in [1.54, 1.807) is 0 Å². The fourth-order valence-electron chi connectivity index (χ4n) is 3.49. The van der Waals surface area contributed by atoms with Gasteiger partial charge >= 0.3 is 0 Å². The number of rotatable bonds is 7. The lowest BCUT2D eigenvalue weighted by molar-refractivity contribution is -0.123. The number of nitrogens with one attached hydrogen (secondary N) is 1. The maximum Gasteiger partial charge on any atom is 0.227 e. The highest BCUT2D eigenvalue weighted by Gasteiger charge is 2.24. The number of carbonyl (C=O) groups excluding carboxylic acids is 2. The largest absolute Gasteiger partial charge is 0.369 e. The summed E-state index contributed by atoms with van der Waals surface area (Å²) in [7, 11) is 0. The topological polar surface area (TPSA) is 114 Å². The molecule has 1 aromatic carbocycles. The van der Waals surface area contributed by atoms with E-state index in [1.807, 2.05) is 45.0 Å². The average molecular weight is 414 g/mol. The minimum Gasteiger partial charge on any atom is -0.369 e. The molecule has 8 nitrogen and oxygen atoms in total. The minimum atomic E-state index is -0.215. The second kappa shape index (κ2) is 9.38. The van der Waals surface area contributed by atoms with Crippen molar-refractivity contribution in [2.75, 3.05) is 18.4 Å². The van der Waals surface area contributed by atoms with E-state index in [9.17, 15) is 9.59 Å². The molecule has 1 fully saturated rings. The van der Waals surface area contributed by atoms with Crippen LogP contribution in [0.15, 0.2) is 28.8 Å². The van der Waals surface area contributed by atoms with E-state index >= 15 is 0 Å². The highest BCUT2D eigenvalue weighted by atomic mass is 16.5. The van der Waals surface area contributed by atoms with Crippen LogP contribution < -0.4 is 11.1 Å². The molecule has 162 valence electrons. The summed E-state index contributed by atoms with van der Waals surface area (Å²) >= 11 is 0. The van der Waals surface area contributed by atoms with Crippen LogP contribution in [0, 0.1) is 5.92 Å². The molecule has 3 rings (SSSR count). The van der Waals surface area contributed by atoms with Crippen LogP contribution in [0.4, 0.5) is 5.69 Å². The van der Waals surface area contributed by atoms with Gasteiger partial charge in [0.15, 0.2) is 5.82 Å². The first kappa shape index (κ1) is 22.0. The molecule has 0 bridgehead atoms. The number of hydrogen-bond donors (Lipinski definition) is 2. The number of aromatic nitrogens is 2. The summed E-state index contributed by atoms with van der Waals surface area (Å²) in [6, 6.07) is 7.79. The number of nitrogens with two attached hydrogens (primary N) is 1. The van der Waals surface area contributed by atoms with Gasteiger partial charge in [0, 0.05) is 37.0 Å². The molecule has 2 amide bonds. The van der Waals surface area contributed by atoms with Gasteiger partial charge in [-0.25, -0.2) is 0 Å². The van der Waals surface area contributed by atoms with Gasteiger partial charge in [-0.15, -0.1) is 0 Å². The first-order chi connectivity index (χ1) is 14.2. The Bertz CT molecular complexity index is 870. The Labute approximate surface area is 177 Å². The molecule has 3 N–H and O–H groups in total. The monoisotopic (exact) mass is 413 g/mol. The Kier molecular flexibility index (Phi) is 6.87. The van der Waals surface area contributed by atoms with Gasteiger partial charge in [-0.1, -0.05) is 38.1 Å². The number of piperidine rings is 1. The van der Waals surface area contributed by atoms with E-state index in [0.717, 1.165) is 37.2 Å². The normalized spacial score (nSPS) is 17.6. The van der Waals surface area contributed by atoms with Crippen LogP contribution in [-0.2, 0) is 28.0 Å². The van der Waals surface area contributed by atoms with Crippen molar-refractivity contribution < 1.29 is 14.1 Å². The molecule has 2 heterocycles. The van der Waals surface area contributed by atoms with Crippen molar-refractivity contribution in [3.05, 3.63) is 41.5 Å². The van der Waals surface area contributed by atoms with Crippen molar-refractivity contribution >= 4 is 17.5 Å². The summed E-state index contributed by atoms with van der Waals surface area (Å²) in [4.78, 5) is 30.3. The van der Waals surface area contributed by atoms with Gasteiger partial charge < -0.3 is 15.6 Å². The Balaban J connectivity index is 1.46. The fourth-order valence-corrected chi connectivity index (χ4v) is 3.49. The van der Waals surface area contributed by atoms with E-state index < -0.39 is 0 Å². The summed E-state index contributed by atoms with van der Waals surface area (Å²) in [5, 5.41) is 6.87. The lowest BCUT2D eigenvalue weighted by Gasteiger charge is -2.31. The van der Waals surface area contributed by atoms with Crippen LogP contribution >= 0.6 is 0 Å². The quantitative estimate of drug-likeness (QED) is 0.721. The zero-order valence-electron chi connectivity index (χ0n) is 18.0. The summed E-state index contributed by atoms with van der Waals surface area (Å²) < 4.78 is 5.23. The number of likely N-dealkylation sites (tertiary alicyclic amines) is 1. The standard InChI is InChI=1S/C22H31N5O3/c1-22(2,3)21-25-19(30-26-21)11-10-18(28)24-17-8-6-15(7-9-17)13-27-12-4-5-16(14-27)20(23)29/h6-9,16H,4-5,10-14H2,1-3H3,(H2,23,29)(H,24,28). The van der Waals surface area contributed by atoms with Crippen LogP contribution in [0.3, 0.4) is 0 Å². The third-order valence-electron chi connectivity index (χ3n) is 5.26. The molecule has 30 heavy (non-hydrogen) atoms. The average Bonchev–Trinajstić information content (AvgIpc) is 3.18. The molecule has 1 saturated heterocycles. The lowest BCUT2D eigenvalue weighted by Crippen LogP contribution is -2.40. The molecular formula is C22H31N5O3. The maximum absolute atomic E-state index is 12.2. The minimum absolute atomic E-state index is 0.0596. The number of anilines is 1. The van der Waals surface area contributed by atoms with Gasteiger partial charge in [0.25, 0.3) is 0 Å². The van der Waals surface area contributed by atoms with E-state index in [0.29, 0.717) is 24.7 Å². The highest BCUT2D eigenvalue weighted by molar-refractivity contribution is 5.90. The number of hydrogen-bond acceptors (Lipinski definition) is 6. The summed E-state index contributed by atoms with van der Waals surface area (Å²) in [5.74, 6) is 0.743. The summed E-state index contributed by atoms with van der Waals surface area (Å²) in [6.07, 6.45) is 2.54. The molecule has 0 aliphatic carbocycles. The third kappa shape index (κ3) is 6.13. The van der Waals surface area contributed by atoms with Crippen LogP contribution in [0.1, 0.15) is 57.3 Å². The molecule has 8 heteroatoms. The van der Waals surface area contributed by atoms with E-state index in [-0.39, 0.29) is 29.6 Å². The van der Waals surface area contributed by atoms with Gasteiger partial charge in [-0.2, -0.15) is 4.98 Å². The summed E-state index contributed by atoms with van der Waals surface area (Å²) in [6.45, 7) is 8.48. The van der Waals surface area contributed by atoms with Gasteiger partial charge in [0.1, 0.15) is 0 Å². The Morgan fingerprint density at radius 2 is 2.00 bits per heavy atom. The van der Waals surface area contributed by atoms with Gasteiger partial charge in [0.2, 0.25) is 17.7 Å². The zero-order valence-corrected chi connectivity index (χ0v) is 18.0. The predicted octanol–water partition coefficient (Wildman–Crippen LogP) is 2.64. The van der Waals surface area contributed by atoms with Crippen LogP contribution in [0.2, 0.25) is 0 Å². The molecule has 1 atom stereocenters. The molecule has 1 aromatic heterocycles.